The van der Waals surface area contributed by atoms with E-state index in [1.165, 1.54) is 61.8 Å². The van der Waals surface area contributed by atoms with Crippen molar-refractivity contribution in [2.24, 2.45) is 0 Å². The van der Waals surface area contributed by atoms with Crippen molar-refractivity contribution in [3.63, 3.8) is 0 Å². The normalized spacial score (nSPS) is 19.6. The maximum absolute atomic E-state index is 2.57. The maximum Gasteiger partial charge on any atom is 0.247 e. The van der Waals surface area contributed by atoms with Gasteiger partial charge in [0.15, 0.2) is 0 Å². The van der Waals surface area contributed by atoms with Crippen LogP contribution in [-0.2, 0) is 0 Å². The summed E-state index contributed by atoms with van der Waals surface area (Å²) in [7, 11) is 0. The van der Waals surface area contributed by atoms with Crippen LogP contribution in [0.25, 0.3) is 11.1 Å². The van der Waals surface area contributed by atoms with Crippen molar-refractivity contribution < 1.29 is 0 Å². The van der Waals surface area contributed by atoms with Gasteiger partial charge >= 0.3 is 0 Å². The Morgan fingerprint density at radius 2 is 1.31 bits per heavy atom. The molecule has 3 heteroatoms. The van der Waals surface area contributed by atoms with Crippen molar-refractivity contribution in [2.75, 3.05) is 9.80 Å². The van der Waals surface area contributed by atoms with Gasteiger partial charge in [0.2, 0.25) is 6.71 Å². The van der Waals surface area contributed by atoms with Gasteiger partial charge in [-0.2, -0.15) is 0 Å². The van der Waals surface area contributed by atoms with E-state index in [-0.39, 0.29) is 6.71 Å². The Kier molecular flexibility index (Phi) is 6.37. The molecule has 0 spiro atoms. The quantitative estimate of drug-likeness (QED) is 0.222. The number of hydrogen-bond donors (Lipinski definition) is 0. The molecule has 2 aliphatic heterocycles. The van der Waals surface area contributed by atoms with Crippen molar-refractivity contribution >= 4 is 34.9 Å². The summed E-state index contributed by atoms with van der Waals surface area (Å²) in [5, 5.41) is 0. The first-order chi connectivity index (χ1) is 22.3. The molecular formula is C42H35BN2. The third-order valence-electron chi connectivity index (χ3n) is 10.2. The standard InChI is InChI=1S/C42H35BN2/c1-3-12-30(13-4-1)32-22-26-34(27-23-32)44-38-18-9-7-16-36(38)43-37-17-8-10-19-39(37)45(41-21-11-20-40(44)42(41)43)35-28-24-33(25-29-35)31-14-5-2-6-15-31/h1-7,10-14,16,19-29,31H,8-9,15,17-18H2. The molecule has 2 nitrogen and oxygen atoms in total. The lowest BCUT2D eigenvalue weighted by molar-refractivity contribution is 0.853. The van der Waals surface area contributed by atoms with Crippen molar-refractivity contribution in [1.29, 1.82) is 0 Å². The highest BCUT2D eigenvalue weighted by molar-refractivity contribution is 6.90. The average Bonchev–Trinajstić information content (AvgIpc) is 3.12. The highest BCUT2D eigenvalue weighted by Crippen LogP contribution is 2.48. The molecule has 9 rings (SSSR count). The first kappa shape index (κ1) is 26.4. The van der Waals surface area contributed by atoms with E-state index in [1.807, 2.05) is 0 Å². The molecule has 0 amide bonds. The number of benzene rings is 4. The van der Waals surface area contributed by atoms with Crippen LogP contribution in [-0.4, -0.2) is 6.71 Å². The van der Waals surface area contributed by atoms with E-state index in [0.717, 1.165) is 32.1 Å². The van der Waals surface area contributed by atoms with Gasteiger partial charge in [-0.1, -0.05) is 109 Å². The molecule has 4 aromatic rings. The van der Waals surface area contributed by atoms with E-state index in [4.69, 9.17) is 0 Å². The molecule has 0 bridgehead atoms. The van der Waals surface area contributed by atoms with Gasteiger partial charge < -0.3 is 9.80 Å². The van der Waals surface area contributed by atoms with E-state index in [0.29, 0.717) is 5.92 Å². The summed E-state index contributed by atoms with van der Waals surface area (Å²) in [5.74, 6) is 0.453. The Labute approximate surface area is 266 Å². The van der Waals surface area contributed by atoms with E-state index >= 15 is 0 Å². The summed E-state index contributed by atoms with van der Waals surface area (Å²) in [4.78, 5) is 5.10. The molecule has 45 heavy (non-hydrogen) atoms. The predicted molar refractivity (Wildman–Crippen MR) is 191 cm³/mol. The summed E-state index contributed by atoms with van der Waals surface area (Å²) in [5.41, 5.74) is 16.2. The second-order valence-electron chi connectivity index (χ2n) is 12.7. The van der Waals surface area contributed by atoms with Crippen LogP contribution in [0.4, 0.5) is 22.7 Å². The molecule has 2 heterocycles. The Hall–Kier alpha value is -5.02. The molecule has 4 aromatic carbocycles. The van der Waals surface area contributed by atoms with E-state index < -0.39 is 0 Å². The minimum Gasteiger partial charge on any atom is -0.315 e. The van der Waals surface area contributed by atoms with Gasteiger partial charge in [-0.3, -0.25) is 0 Å². The van der Waals surface area contributed by atoms with Gasteiger partial charge in [0.1, 0.15) is 0 Å². The number of hydrogen-bond acceptors (Lipinski definition) is 2. The largest absolute Gasteiger partial charge is 0.315 e. The number of fused-ring (bicyclic) bond motifs is 2. The SMILES string of the molecule is C1=CCC(c2ccc(N3C4=C(CCC=C4)B4C5=C(CCC=C5)N(c5ccc(-c6ccccc6)cc5)c5cccc3c54)cc2)C=C1. The van der Waals surface area contributed by atoms with Crippen molar-refractivity contribution in [3.8, 4) is 11.1 Å². The molecule has 1 unspecified atom stereocenters. The van der Waals surface area contributed by atoms with Crippen LogP contribution in [0.3, 0.4) is 0 Å². The average molecular weight is 579 g/mol. The molecular weight excluding hydrogens is 543 g/mol. The van der Waals surface area contributed by atoms with Crippen LogP contribution in [0, 0.1) is 0 Å². The molecule has 0 N–H and O–H groups in total. The van der Waals surface area contributed by atoms with Crippen LogP contribution in [0.15, 0.2) is 168 Å². The fraction of sp³-hybridized carbons (Fsp3) is 0.143. The van der Waals surface area contributed by atoms with Gasteiger partial charge in [0, 0.05) is 40.1 Å². The molecule has 0 radical (unpaired) electrons. The number of nitrogens with zero attached hydrogens (tertiary/aromatic N) is 2. The summed E-state index contributed by atoms with van der Waals surface area (Å²) in [6.07, 6.45) is 23.9. The first-order valence-electron chi connectivity index (χ1n) is 16.5. The zero-order chi connectivity index (χ0) is 29.7. The second-order valence-corrected chi connectivity index (χ2v) is 12.7. The minimum atomic E-state index is 0.289. The molecule has 0 aromatic heterocycles. The summed E-state index contributed by atoms with van der Waals surface area (Å²) in [6, 6.07) is 36.2. The molecule has 0 saturated heterocycles. The molecule has 3 aliphatic carbocycles. The Morgan fingerprint density at radius 1 is 0.600 bits per heavy atom. The van der Waals surface area contributed by atoms with Crippen molar-refractivity contribution in [1.82, 2.24) is 0 Å². The smallest absolute Gasteiger partial charge is 0.247 e. The lowest BCUT2D eigenvalue weighted by Gasteiger charge is -2.46. The lowest BCUT2D eigenvalue weighted by atomic mass is 9.31. The van der Waals surface area contributed by atoms with Crippen LogP contribution in [0.2, 0.25) is 0 Å². The van der Waals surface area contributed by atoms with Crippen LogP contribution in [0.1, 0.15) is 43.6 Å². The molecule has 216 valence electrons. The lowest BCUT2D eigenvalue weighted by Crippen LogP contribution is -2.51. The second kappa shape index (κ2) is 10.9. The van der Waals surface area contributed by atoms with Gasteiger partial charge in [-0.25, -0.2) is 0 Å². The topological polar surface area (TPSA) is 6.48 Å². The highest BCUT2D eigenvalue weighted by atomic mass is 15.2. The van der Waals surface area contributed by atoms with Gasteiger partial charge in [-0.05, 0) is 102 Å². The monoisotopic (exact) mass is 578 g/mol. The Balaban J connectivity index is 1.20. The molecule has 0 saturated carbocycles. The molecule has 1 atom stereocenters. The number of anilines is 4. The maximum atomic E-state index is 2.57. The number of rotatable bonds is 4. The Morgan fingerprint density at radius 3 is 2.11 bits per heavy atom. The predicted octanol–water partition coefficient (Wildman–Crippen LogP) is 10.2. The van der Waals surface area contributed by atoms with Gasteiger partial charge in [0.25, 0.3) is 0 Å². The van der Waals surface area contributed by atoms with E-state index in [1.54, 1.807) is 5.47 Å². The molecule has 5 aliphatic rings. The van der Waals surface area contributed by atoms with E-state index in [9.17, 15) is 0 Å². The van der Waals surface area contributed by atoms with Crippen molar-refractivity contribution in [2.45, 2.75) is 38.0 Å². The summed E-state index contributed by atoms with van der Waals surface area (Å²) in [6.45, 7) is 0.289. The third-order valence-corrected chi connectivity index (χ3v) is 10.2. The van der Waals surface area contributed by atoms with Crippen LogP contribution >= 0.6 is 0 Å². The fourth-order valence-corrected chi connectivity index (χ4v) is 8.08. The highest BCUT2D eigenvalue weighted by Gasteiger charge is 2.44. The third kappa shape index (κ3) is 4.33. The zero-order valence-corrected chi connectivity index (χ0v) is 25.4. The Bertz CT molecular complexity index is 1970. The van der Waals surface area contributed by atoms with Crippen molar-refractivity contribution in [3.05, 3.63) is 174 Å². The number of allylic oxidation sites excluding steroid dienone is 11. The van der Waals surface area contributed by atoms with Crippen LogP contribution < -0.4 is 15.3 Å². The van der Waals surface area contributed by atoms with E-state index in [2.05, 4.69) is 155 Å². The first-order valence-corrected chi connectivity index (χ1v) is 16.5. The summed E-state index contributed by atoms with van der Waals surface area (Å²) >= 11 is 0. The van der Waals surface area contributed by atoms with Gasteiger partial charge in [0.05, 0.1) is 0 Å². The minimum absolute atomic E-state index is 0.289. The fourth-order valence-electron chi connectivity index (χ4n) is 8.08. The van der Waals surface area contributed by atoms with Crippen LogP contribution in [0.5, 0.6) is 0 Å². The zero-order valence-electron chi connectivity index (χ0n) is 25.4. The summed E-state index contributed by atoms with van der Waals surface area (Å²) < 4.78 is 0. The molecule has 0 fully saturated rings. The van der Waals surface area contributed by atoms with Gasteiger partial charge in [-0.15, -0.1) is 0 Å².